The van der Waals surface area contributed by atoms with Gasteiger partial charge >= 0.3 is 11.9 Å². The van der Waals surface area contributed by atoms with Crippen LogP contribution in [0.4, 0.5) is 0 Å². The fourth-order valence-corrected chi connectivity index (χ4v) is 7.08. The number of hydrogen-bond donors (Lipinski definition) is 5. The quantitative estimate of drug-likeness (QED) is 0.267. The van der Waals surface area contributed by atoms with Gasteiger partial charge in [0.2, 0.25) is 0 Å². The largest absolute Gasteiger partial charge is 0.459 e. The van der Waals surface area contributed by atoms with E-state index in [1.54, 1.807) is 27.7 Å². The molecule has 0 radical (unpaired) electrons. The van der Waals surface area contributed by atoms with E-state index in [0.29, 0.717) is 5.57 Å². The number of Topliss-reactive ketones (excluding diaryl/α,β-unsaturated/α-hetero) is 1. The van der Waals surface area contributed by atoms with Crippen molar-refractivity contribution < 1.29 is 49.4 Å². The molecule has 2 saturated carbocycles. The zero-order valence-corrected chi connectivity index (χ0v) is 21.4. The molecule has 0 amide bonds. The first-order valence-corrected chi connectivity index (χ1v) is 12.0. The first-order valence-electron chi connectivity index (χ1n) is 12.0. The van der Waals surface area contributed by atoms with Gasteiger partial charge in [-0.05, 0) is 31.4 Å². The first-order chi connectivity index (χ1) is 15.9. The minimum absolute atomic E-state index is 0.0529. The molecule has 2 fully saturated rings. The molecular formula is C25H38O10. The Morgan fingerprint density at radius 1 is 1.03 bits per heavy atom. The van der Waals surface area contributed by atoms with Crippen LogP contribution in [-0.2, 0) is 23.9 Å². The number of esters is 2. The third kappa shape index (κ3) is 3.60. The molecule has 0 saturated heterocycles. The topological polar surface area (TPSA) is 171 Å². The molecule has 5 N–H and O–H groups in total. The third-order valence-corrected chi connectivity index (χ3v) is 9.07. The number of ether oxygens (including phenoxy) is 2. The molecule has 2 unspecified atom stereocenters. The lowest BCUT2D eigenvalue weighted by molar-refractivity contribution is -0.287. The maximum atomic E-state index is 14.1. The summed E-state index contributed by atoms with van der Waals surface area (Å²) in [5.41, 5.74) is -6.89. The molecule has 0 aromatic rings. The van der Waals surface area contributed by atoms with Gasteiger partial charge in [0.1, 0.15) is 23.4 Å². The van der Waals surface area contributed by atoms with Crippen molar-refractivity contribution in [3.63, 3.8) is 0 Å². The molecule has 198 valence electrons. The van der Waals surface area contributed by atoms with Crippen LogP contribution >= 0.6 is 0 Å². The van der Waals surface area contributed by atoms with E-state index < -0.39 is 76.2 Å². The average molecular weight is 499 g/mol. The highest BCUT2D eigenvalue weighted by atomic mass is 16.6. The Bertz CT molecular complexity index is 956. The number of hydrogen-bond acceptors (Lipinski definition) is 10. The average Bonchev–Trinajstić information content (AvgIpc) is 2.73. The highest BCUT2D eigenvalue weighted by Crippen LogP contribution is 2.62. The van der Waals surface area contributed by atoms with E-state index in [2.05, 4.69) is 0 Å². The molecule has 3 rings (SSSR count). The van der Waals surface area contributed by atoms with Gasteiger partial charge in [0.15, 0.2) is 5.78 Å². The predicted octanol–water partition coefficient (Wildman–Crippen LogP) is 0.160. The first kappa shape index (κ1) is 27.7. The van der Waals surface area contributed by atoms with Crippen molar-refractivity contribution >= 4 is 17.7 Å². The van der Waals surface area contributed by atoms with Gasteiger partial charge in [-0.15, -0.1) is 0 Å². The van der Waals surface area contributed by atoms with Gasteiger partial charge in [0, 0.05) is 32.1 Å². The standard InChI is InChI=1S/C25H38O10/c1-8-24(35-13(4)27)16(30)9-15(29)23(7)19(24)21(34-12(3)26)25(33)10-14(28)11(2)17(22(25,5)6)18(31)20(23)32/h14-16,18-19,21,28-31,33H,8-10H2,1-7H3/t14?,15-,16+,18+,19?,21-,23+,24-,25+/m0/s1. The zero-order chi connectivity index (χ0) is 26.9. The van der Waals surface area contributed by atoms with Crippen LogP contribution in [0.3, 0.4) is 0 Å². The van der Waals surface area contributed by atoms with Crippen LogP contribution in [0, 0.1) is 16.7 Å². The number of aliphatic hydroxyl groups is 5. The van der Waals surface area contributed by atoms with Crippen molar-refractivity contribution in [1.29, 1.82) is 0 Å². The van der Waals surface area contributed by atoms with Gasteiger partial charge < -0.3 is 35.0 Å². The second-order valence-corrected chi connectivity index (χ2v) is 11.1. The van der Waals surface area contributed by atoms with Crippen LogP contribution in [0.25, 0.3) is 0 Å². The van der Waals surface area contributed by atoms with Crippen molar-refractivity contribution in [2.75, 3.05) is 0 Å². The molecule has 10 heteroatoms. The Hall–Kier alpha value is -1.85. The fourth-order valence-electron chi connectivity index (χ4n) is 7.08. The summed E-state index contributed by atoms with van der Waals surface area (Å²) in [5.74, 6) is -3.92. The minimum atomic E-state index is -2.09. The fraction of sp³-hybridized carbons (Fsp3) is 0.800. The summed E-state index contributed by atoms with van der Waals surface area (Å²) in [6.07, 6.45) is -8.47. The summed E-state index contributed by atoms with van der Waals surface area (Å²) >= 11 is 0. The normalized spacial score (nSPS) is 45.2. The molecule has 2 bridgehead atoms. The van der Waals surface area contributed by atoms with E-state index in [9.17, 15) is 39.9 Å². The van der Waals surface area contributed by atoms with Crippen LogP contribution in [0.1, 0.15) is 67.7 Å². The summed E-state index contributed by atoms with van der Waals surface area (Å²) in [5, 5.41) is 57.0. The Balaban J connectivity index is 2.51. The SMILES string of the molecule is CC[C@@]1(OC(C)=O)C2[C@H](OC(C)=O)[C@]3(O)CC(O)C(C)=C([C@@H](O)C(=O)[C@]2(C)[C@@H](O)C[C@H]1O)C3(C)C. The van der Waals surface area contributed by atoms with E-state index >= 15 is 0 Å². The van der Waals surface area contributed by atoms with E-state index in [0.717, 1.165) is 13.8 Å². The molecule has 35 heavy (non-hydrogen) atoms. The van der Waals surface area contributed by atoms with E-state index in [1.165, 1.54) is 6.92 Å². The van der Waals surface area contributed by atoms with Crippen molar-refractivity contribution in [2.45, 2.75) is 109 Å². The van der Waals surface area contributed by atoms with Gasteiger partial charge in [-0.1, -0.05) is 20.8 Å². The molecule has 10 nitrogen and oxygen atoms in total. The summed E-state index contributed by atoms with van der Waals surface area (Å²) < 4.78 is 11.4. The van der Waals surface area contributed by atoms with Gasteiger partial charge in [0.25, 0.3) is 0 Å². The monoisotopic (exact) mass is 498 g/mol. The number of carbonyl (C=O) groups is 3. The Kier molecular flexibility index (Phi) is 6.83. The maximum absolute atomic E-state index is 14.1. The molecular weight excluding hydrogens is 460 g/mol. The Morgan fingerprint density at radius 3 is 2.09 bits per heavy atom. The van der Waals surface area contributed by atoms with E-state index in [1.807, 2.05) is 0 Å². The molecule has 9 atom stereocenters. The molecule has 0 aromatic carbocycles. The number of carbonyl (C=O) groups excluding carboxylic acids is 3. The highest BCUT2D eigenvalue weighted by Gasteiger charge is 2.74. The molecule has 0 heterocycles. The van der Waals surface area contributed by atoms with Crippen molar-refractivity contribution in [3.8, 4) is 0 Å². The van der Waals surface area contributed by atoms with Gasteiger partial charge in [-0.3, -0.25) is 14.4 Å². The van der Waals surface area contributed by atoms with Crippen LogP contribution in [0.5, 0.6) is 0 Å². The molecule has 0 spiro atoms. The summed E-state index contributed by atoms with van der Waals surface area (Å²) in [4.78, 5) is 38.8. The highest BCUT2D eigenvalue weighted by molar-refractivity contribution is 5.93. The molecule has 3 aliphatic carbocycles. The van der Waals surface area contributed by atoms with Crippen molar-refractivity contribution in [3.05, 3.63) is 11.1 Å². The molecule has 3 aliphatic rings. The van der Waals surface area contributed by atoms with Crippen LogP contribution < -0.4 is 0 Å². The lowest BCUT2D eigenvalue weighted by atomic mass is 9.45. The van der Waals surface area contributed by atoms with Crippen molar-refractivity contribution in [1.82, 2.24) is 0 Å². The van der Waals surface area contributed by atoms with Crippen LogP contribution in [-0.4, -0.2) is 85.0 Å². The second kappa shape index (κ2) is 8.62. The second-order valence-electron chi connectivity index (χ2n) is 11.1. The van der Waals surface area contributed by atoms with Crippen LogP contribution in [0.15, 0.2) is 11.1 Å². The van der Waals surface area contributed by atoms with E-state index in [4.69, 9.17) is 9.47 Å². The number of ketones is 1. The lowest BCUT2D eigenvalue weighted by Gasteiger charge is -2.64. The summed E-state index contributed by atoms with van der Waals surface area (Å²) in [6.45, 7) is 9.91. The Labute approximate surface area is 204 Å². The van der Waals surface area contributed by atoms with Gasteiger partial charge in [-0.2, -0.15) is 0 Å². The van der Waals surface area contributed by atoms with Gasteiger partial charge in [0.05, 0.1) is 29.6 Å². The maximum Gasteiger partial charge on any atom is 0.303 e. The molecule has 0 aromatic heterocycles. The minimum Gasteiger partial charge on any atom is -0.459 e. The van der Waals surface area contributed by atoms with Crippen LogP contribution in [0.2, 0.25) is 0 Å². The third-order valence-electron chi connectivity index (χ3n) is 9.07. The van der Waals surface area contributed by atoms with Crippen molar-refractivity contribution in [2.24, 2.45) is 16.7 Å². The summed E-state index contributed by atoms with van der Waals surface area (Å²) in [7, 11) is 0. The zero-order valence-electron chi connectivity index (χ0n) is 21.4. The Morgan fingerprint density at radius 2 is 1.60 bits per heavy atom. The smallest absolute Gasteiger partial charge is 0.303 e. The summed E-state index contributed by atoms with van der Waals surface area (Å²) in [6, 6.07) is 0. The number of aliphatic hydroxyl groups excluding tert-OH is 4. The lowest BCUT2D eigenvalue weighted by Crippen LogP contribution is -2.77. The number of rotatable bonds is 3. The number of fused-ring (bicyclic) bond motifs is 3. The predicted molar refractivity (Wildman–Crippen MR) is 122 cm³/mol. The molecule has 0 aliphatic heterocycles. The van der Waals surface area contributed by atoms with E-state index in [-0.39, 0.29) is 24.8 Å². The van der Waals surface area contributed by atoms with Gasteiger partial charge in [-0.25, -0.2) is 0 Å².